The van der Waals surface area contributed by atoms with Gasteiger partial charge in [-0.15, -0.1) is 11.6 Å². The summed E-state index contributed by atoms with van der Waals surface area (Å²) in [5.74, 6) is -0.00854. The van der Waals surface area contributed by atoms with Gasteiger partial charge in [0.05, 0.1) is 18.9 Å². The number of rotatable bonds is 10. The Kier molecular flexibility index (Phi) is 8.69. The third-order valence-corrected chi connectivity index (χ3v) is 5.84. The van der Waals surface area contributed by atoms with Gasteiger partial charge in [-0.1, -0.05) is 0 Å². The molecule has 0 aliphatic heterocycles. The van der Waals surface area contributed by atoms with Crippen LogP contribution < -0.4 is 0 Å². The Hall–Kier alpha value is 0.360. The summed E-state index contributed by atoms with van der Waals surface area (Å²) in [6.45, 7) is 7.81. The molecule has 0 radical (unpaired) electrons. The number of ether oxygens (including phenoxy) is 2. The SMILES string of the molecule is CCOC(C)(OCC)P(=O)(C[C@@H](O)CCl)OCC. The Morgan fingerprint density at radius 3 is 2.06 bits per heavy atom. The molecule has 2 atom stereocenters. The minimum atomic E-state index is -3.33. The van der Waals surface area contributed by atoms with Crippen molar-refractivity contribution in [1.29, 1.82) is 0 Å². The Labute approximate surface area is 114 Å². The highest BCUT2D eigenvalue weighted by molar-refractivity contribution is 7.60. The standard InChI is InChI=1S/C11H24ClO5P/c1-5-15-11(4,16-6-2)18(14,17-7-3)9-10(13)8-12/h10,13H,5-9H2,1-4H3/t10-,18?/m0/s1. The first-order chi connectivity index (χ1) is 8.39. The molecule has 0 spiro atoms. The molecular weight excluding hydrogens is 279 g/mol. The van der Waals surface area contributed by atoms with E-state index in [-0.39, 0.29) is 18.6 Å². The first-order valence-corrected chi connectivity index (χ1v) is 8.49. The van der Waals surface area contributed by atoms with E-state index >= 15 is 0 Å². The molecule has 18 heavy (non-hydrogen) atoms. The molecule has 0 aliphatic carbocycles. The minimum Gasteiger partial charge on any atom is -0.391 e. The van der Waals surface area contributed by atoms with Gasteiger partial charge >= 0.3 is 0 Å². The van der Waals surface area contributed by atoms with Crippen molar-refractivity contribution in [3.8, 4) is 0 Å². The quantitative estimate of drug-likeness (QED) is 0.382. The second-order valence-electron chi connectivity index (χ2n) is 3.85. The summed E-state index contributed by atoms with van der Waals surface area (Å²) < 4.78 is 29.2. The van der Waals surface area contributed by atoms with Crippen LogP contribution in [0.2, 0.25) is 0 Å². The lowest BCUT2D eigenvalue weighted by Gasteiger charge is -2.36. The van der Waals surface area contributed by atoms with E-state index in [4.69, 9.17) is 25.6 Å². The van der Waals surface area contributed by atoms with Gasteiger partial charge in [0.1, 0.15) is 0 Å². The Morgan fingerprint density at radius 1 is 1.22 bits per heavy atom. The number of aliphatic hydroxyl groups excluding tert-OH is 1. The molecule has 0 aromatic carbocycles. The van der Waals surface area contributed by atoms with Crippen LogP contribution in [0.1, 0.15) is 27.7 Å². The van der Waals surface area contributed by atoms with E-state index in [1.54, 1.807) is 27.7 Å². The van der Waals surface area contributed by atoms with E-state index < -0.39 is 19.0 Å². The molecule has 0 rings (SSSR count). The molecule has 0 amide bonds. The van der Waals surface area contributed by atoms with Crippen LogP contribution in [0.15, 0.2) is 0 Å². The van der Waals surface area contributed by atoms with Crippen molar-refractivity contribution >= 4 is 19.0 Å². The predicted molar refractivity (Wildman–Crippen MR) is 72.5 cm³/mol. The van der Waals surface area contributed by atoms with Crippen molar-refractivity contribution in [2.45, 2.75) is 39.3 Å². The average molecular weight is 303 g/mol. The van der Waals surface area contributed by atoms with E-state index in [2.05, 4.69) is 0 Å². The van der Waals surface area contributed by atoms with Gasteiger partial charge in [0.2, 0.25) is 5.53 Å². The minimum absolute atomic E-state index is 0.00854. The fraction of sp³-hybridized carbons (Fsp3) is 1.00. The molecule has 0 bridgehead atoms. The fourth-order valence-electron chi connectivity index (χ4n) is 1.64. The highest BCUT2D eigenvalue weighted by Crippen LogP contribution is 2.60. The Balaban J connectivity index is 5.16. The summed E-state index contributed by atoms with van der Waals surface area (Å²) in [6.07, 6.45) is -0.995. The molecule has 110 valence electrons. The Morgan fingerprint density at radius 2 is 1.72 bits per heavy atom. The molecule has 5 nitrogen and oxygen atoms in total. The molecule has 0 aromatic heterocycles. The zero-order valence-electron chi connectivity index (χ0n) is 11.5. The smallest absolute Gasteiger partial charge is 0.263 e. The van der Waals surface area contributed by atoms with Crippen LogP contribution in [-0.2, 0) is 18.6 Å². The number of alkyl halides is 1. The summed E-state index contributed by atoms with van der Waals surface area (Å²) in [6, 6.07) is 0. The lowest BCUT2D eigenvalue weighted by Crippen LogP contribution is -2.36. The fourth-order valence-corrected chi connectivity index (χ4v) is 4.33. The summed E-state index contributed by atoms with van der Waals surface area (Å²) in [5, 5.41) is 9.62. The van der Waals surface area contributed by atoms with Gasteiger partial charge in [0.25, 0.3) is 7.37 Å². The van der Waals surface area contributed by atoms with Gasteiger partial charge < -0.3 is 19.1 Å². The third-order valence-electron chi connectivity index (χ3n) is 2.41. The maximum Gasteiger partial charge on any atom is 0.263 e. The number of hydrogen-bond donors (Lipinski definition) is 1. The van der Waals surface area contributed by atoms with Crippen molar-refractivity contribution in [2.75, 3.05) is 31.9 Å². The highest BCUT2D eigenvalue weighted by Gasteiger charge is 2.48. The molecular formula is C11H24ClO5P. The predicted octanol–water partition coefficient (Wildman–Crippen LogP) is 2.65. The molecule has 0 aromatic rings. The van der Waals surface area contributed by atoms with Crippen molar-refractivity contribution in [3.05, 3.63) is 0 Å². The maximum absolute atomic E-state index is 12.9. The second kappa shape index (κ2) is 8.51. The first kappa shape index (κ1) is 18.4. The van der Waals surface area contributed by atoms with E-state index in [9.17, 15) is 9.67 Å². The number of aliphatic hydroxyl groups is 1. The molecule has 1 N–H and O–H groups in total. The van der Waals surface area contributed by atoms with Crippen LogP contribution in [0, 0.1) is 0 Å². The van der Waals surface area contributed by atoms with Crippen molar-refractivity contribution in [3.63, 3.8) is 0 Å². The monoisotopic (exact) mass is 302 g/mol. The lowest BCUT2D eigenvalue weighted by molar-refractivity contribution is -0.168. The van der Waals surface area contributed by atoms with Gasteiger partial charge in [-0.2, -0.15) is 0 Å². The first-order valence-electron chi connectivity index (χ1n) is 6.14. The molecule has 0 saturated carbocycles. The van der Waals surface area contributed by atoms with E-state index in [1.165, 1.54) is 0 Å². The second-order valence-corrected chi connectivity index (χ2v) is 6.94. The summed E-state index contributed by atoms with van der Waals surface area (Å²) in [7, 11) is -3.33. The van der Waals surface area contributed by atoms with Crippen LogP contribution >= 0.6 is 19.0 Å². The topological polar surface area (TPSA) is 65.0 Å². The van der Waals surface area contributed by atoms with Crippen molar-refractivity contribution in [1.82, 2.24) is 0 Å². The van der Waals surface area contributed by atoms with Crippen LogP contribution in [0.4, 0.5) is 0 Å². The number of halogens is 1. The molecule has 0 aliphatic rings. The maximum atomic E-state index is 12.9. The number of hydrogen-bond acceptors (Lipinski definition) is 5. The lowest BCUT2D eigenvalue weighted by atomic mass is 10.5. The summed E-state index contributed by atoms with van der Waals surface area (Å²) >= 11 is 5.55. The van der Waals surface area contributed by atoms with Crippen LogP contribution in [0.5, 0.6) is 0 Å². The summed E-state index contributed by atoms with van der Waals surface area (Å²) in [5.41, 5.74) is -1.35. The van der Waals surface area contributed by atoms with Crippen LogP contribution in [0.3, 0.4) is 0 Å². The molecule has 1 unspecified atom stereocenters. The van der Waals surface area contributed by atoms with Crippen molar-refractivity contribution < 1.29 is 23.7 Å². The zero-order chi connectivity index (χ0) is 14.2. The average Bonchev–Trinajstić information content (AvgIpc) is 2.29. The van der Waals surface area contributed by atoms with Crippen LogP contribution in [-0.4, -0.2) is 48.6 Å². The van der Waals surface area contributed by atoms with E-state index in [1.807, 2.05) is 0 Å². The van der Waals surface area contributed by atoms with Gasteiger partial charge in [-0.3, -0.25) is 4.57 Å². The molecule has 0 heterocycles. The highest BCUT2D eigenvalue weighted by atomic mass is 35.5. The van der Waals surface area contributed by atoms with E-state index in [0.29, 0.717) is 13.2 Å². The normalized spacial score (nSPS) is 17.4. The molecule has 0 saturated heterocycles. The van der Waals surface area contributed by atoms with Gasteiger partial charge in [-0.25, -0.2) is 0 Å². The molecule has 7 heteroatoms. The van der Waals surface area contributed by atoms with Crippen molar-refractivity contribution in [2.24, 2.45) is 0 Å². The zero-order valence-corrected chi connectivity index (χ0v) is 13.2. The van der Waals surface area contributed by atoms with Gasteiger partial charge in [0.15, 0.2) is 0 Å². The summed E-state index contributed by atoms with van der Waals surface area (Å²) in [4.78, 5) is 0. The molecule has 0 fully saturated rings. The largest absolute Gasteiger partial charge is 0.391 e. The van der Waals surface area contributed by atoms with Crippen LogP contribution in [0.25, 0.3) is 0 Å². The van der Waals surface area contributed by atoms with E-state index in [0.717, 1.165) is 0 Å². The Bertz CT molecular complexity index is 268. The van der Waals surface area contributed by atoms with Gasteiger partial charge in [0, 0.05) is 19.1 Å². The van der Waals surface area contributed by atoms with Gasteiger partial charge in [-0.05, 0) is 27.7 Å². The third kappa shape index (κ3) is 4.80.